The zero-order valence-corrected chi connectivity index (χ0v) is 9.35. The number of ketones is 1. The van der Waals surface area contributed by atoms with Gasteiger partial charge in [0.15, 0.2) is 5.78 Å². The van der Waals surface area contributed by atoms with Crippen LogP contribution in [0.15, 0.2) is 16.6 Å². The van der Waals surface area contributed by atoms with Crippen LogP contribution in [0.3, 0.4) is 0 Å². The van der Waals surface area contributed by atoms with E-state index >= 15 is 0 Å². The Hall–Kier alpha value is -1.03. The van der Waals surface area contributed by atoms with Gasteiger partial charge in [0.05, 0.1) is 11.6 Å². The van der Waals surface area contributed by atoms with Crippen LogP contribution in [0, 0.1) is 0 Å². The van der Waals surface area contributed by atoms with Gasteiger partial charge in [0, 0.05) is 24.2 Å². The number of carbonyl (C=O) groups excluding carboxylic acids is 1. The van der Waals surface area contributed by atoms with E-state index in [0.29, 0.717) is 18.7 Å². The third-order valence-corrected chi connectivity index (χ3v) is 2.88. The van der Waals surface area contributed by atoms with Crippen LogP contribution in [0.2, 0.25) is 0 Å². The molecule has 2 rings (SSSR count). The lowest BCUT2D eigenvalue weighted by atomic mass is 10.0. The van der Waals surface area contributed by atoms with Gasteiger partial charge in [-0.25, -0.2) is 0 Å². The molecule has 0 fully saturated rings. The van der Waals surface area contributed by atoms with E-state index in [1.54, 1.807) is 13.2 Å². The van der Waals surface area contributed by atoms with Crippen LogP contribution in [-0.4, -0.2) is 19.4 Å². The first-order chi connectivity index (χ1) is 6.72. The van der Waals surface area contributed by atoms with E-state index in [9.17, 15) is 4.79 Å². The van der Waals surface area contributed by atoms with Crippen molar-refractivity contribution in [2.24, 2.45) is 0 Å². The number of ether oxygens (including phenoxy) is 1. The molecule has 0 amide bonds. The molecule has 0 saturated heterocycles. The molecule has 1 heterocycles. The number of hydrogen-bond donors (Lipinski definition) is 1. The quantitative estimate of drug-likeness (QED) is 0.838. The highest BCUT2D eigenvalue weighted by Crippen LogP contribution is 2.33. The van der Waals surface area contributed by atoms with Crippen LogP contribution in [0.1, 0.15) is 16.8 Å². The normalized spacial score (nSPS) is 14.6. The predicted octanol–water partition coefficient (Wildman–Crippen LogP) is 2.46. The van der Waals surface area contributed by atoms with E-state index in [2.05, 4.69) is 21.2 Å². The lowest BCUT2D eigenvalue weighted by Crippen LogP contribution is -2.17. The Bertz CT molecular complexity index is 390. The van der Waals surface area contributed by atoms with Gasteiger partial charge in [-0.1, -0.05) is 0 Å². The molecule has 74 valence electrons. The zero-order chi connectivity index (χ0) is 10.1. The molecular weight excluding hydrogens is 246 g/mol. The van der Waals surface area contributed by atoms with Crippen molar-refractivity contribution >= 4 is 27.4 Å². The summed E-state index contributed by atoms with van der Waals surface area (Å²) in [6, 6.07) is 3.65. The van der Waals surface area contributed by atoms with Crippen LogP contribution in [0.25, 0.3) is 0 Å². The van der Waals surface area contributed by atoms with Gasteiger partial charge in [0.2, 0.25) is 0 Å². The molecule has 0 unspecified atom stereocenters. The Morgan fingerprint density at radius 3 is 3.00 bits per heavy atom. The molecule has 0 bridgehead atoms. The number of carbonyl (C=O) groups is 1. The Morgan fingerprint density at radius 2 is 2.29 bits per heavy atom. The monoisotopic (exact) mass is 255 g/mol. The highest BCUT2D eigenvalue weighted by atomic mass is 79.9. The standard InChI is InChI=1S/C10H10BrNO2/c1-14-10-4-6-8(5-7(10)11)12-3-2-9(6)13/h4-5,12H,2-3H2,1H3. The van der Waals surface area contributed by atoms with Gasteiger partial charge in [-0.3, -0.25) is 4.79 Å². The number of halogens is 1. The van der Waals surface area contributed by atoms with E-state index in [0.717, 1.165) is 15.7 Å². The number of nitrogens with one attached hydrogen (secondary N) is 1. The summed E-state index contributed by atoms with van der Waals surface area (Å²) in [6.07, 6.45) is 0.553. The number of Topliss-reactive ketones (excluding diaryl/α,β-unsaturated/α-hetero) is 1. The van der Waals surface area contributed by atoms with Gasteiger partial charge < -0.3 is 10.1 Å². The van der Waals surface area contributed by atoms with Gasteiger partial charge in [-0.15, -0.1) is 0 Å². The zero-order valence-electron chi connectivity index (χ0n) is 7.76. The highest BCUT2D eigenvalue weighted by Gasteiger charge is 2.18. The maximum Gasteiger partial charge on any atom is 0.166 e. The Kier molecular flexibility index (Phi) is 2.46. The highest BCUT2D eigenvalue weighted by molar-refractivity contribution is 9.10. The number of methoxy groups -OCH3 is 1. The maximum absolute atomic E-state index is 11.6. The SMILES string of the molecule is COc1cc2c(cc1Br)NCCC2=O. The van der Waals surface area contributed by atoms with Gasteiger partial charge in [0.1, 0.15) is 5.75 Å². The molecule has 0 spiro atoms. The summed E-state index contributed by atoms with van der Waals surface area (Å²) in [4.78, 5) is 11.6. The van der Waals surface area contributed by atoms with Crippen molar-refractivity contribution < 1.29 is 9.53 Å². The van der Waals surface area contributed by atoms with Crippen molar-refractivity contribution in [2.75, 3.05) is 19.0 Å². The summed E-state index contributed by atoms with van der Waals surface area (Å²) in [5.41, 5.74) is 1.60. The Labute approximate surface area is 90.6 Å². The molecule has 3 nitrogen and oxygen atoms in total. The van der Waals surface area contributed by atoms with Crippen LogP contribution in [0.5, 0.6) is 5.75 Å². The Morgan fingerprint density at radius 1 is 1.50 bits per heavy atom. The molecule has 4 heteroatoms. The molecular formula is C10H10BrNO2. The van der Waals surface area contributed by atoms with E-state index in [4.69, 9.17) is 4.74 Å². The Balaban J connectivity index is 2.54. The minimum Gasteiger partial charge on any atom is -0.496 e. The summed E-state index contributed by atoms with van der Waals surface area (Å²) in [5.74, 6) is 0.866. The molecule has 1 aliphatic heterocycles. The number of benzene rings is 1. The summed E-state index contributed by atoms with van der Waals surface area (Å²) < 4.78 is 5.99. The smallest absolute Gasteiger partial charge is 0.166 e. The summed E-state index contributed by atoms with van der Waals surface area (Å²) in [6.45, 7) is 0.713. The number of hydrogen-bond acceptors (Lipinski definition) is 3. The molecule has 0 aromatic heterocycles. The van der Waals surface area contributed by atoms with E-state index in [1.807, 2.05) is 6.07 Å². The third-order valence-electron chi connectivity index (χ3n) is 2.26. The summed E-state index contributed by atoms with van der Waals surface area (Å²) in [5, 5.41) is 3.18. The third kappa shape index (κ3) is 1.50. The number of anilines is 1. The fourth-order valence-corrected chi connectivity index (χ4v) is 2.04. The molecule has 1 aromatic carbocycles. The molecule has 0 saturated carbocycles. The second-order valence-electron chi connectivity index (χ2n) is 3.13. The van der Waals surface area contributed by atoms with Gasteiger partial charge in [-0.2, -0.15) is 0 Å². The fraction of sp³-hybridized carbons (Fsp3) is 0.300. The van der Waals surface area contributed by atoms with Gasteiger partial charge in [-0.05, 0) is 28.1 Å². The molecule has 1 N–H and O–H groups in total. The second-order valence-corrected chi connectivity index (χ2v) is 3.99. The fourth-order valence-electron chi connectivity index (χ4n) is 1.53. The minimum atomic E-state index is 0.171. The first-order valence-electron chi connectivity index (χ1n) is 4.37. The number of fused-ring (bicyclic) bond motifs is 1. The molecule has 0 radical (unpaired) electrons. The summed E-state index contributed by atoms with van der Waals surface area (Å²) in [7, 11) is 1.59. The van der Waals surface area contributed by atoms with Crippen molar-refractivity contribution in [3.63, 3.8) is 0 Å². The average molecular weight is 256 g/mol. The summed E-state index contributed by atoms with van der Waals surface area (Å²) >= 11 is 3.38. The van der Waals surface area contributed by atoms with Gasteiger partial charge in [0.25, 0.3) is 0 Å². The molecule has 1 aliphatic rings. The van der Waals surface area contributed by atoms with E-state index in [1.165, 1.54) is 0 Å². The van der Waals surface area contributed by atoms with Crippen molar-refractivity contribution in [2.45, 2.75) is 6.42 Å². The first-order valence-corrected chi connectivity index (χ1v) is 5.16. The molecule has 1 aromatic rings. The minimum absolute atomic E-state index is 0.171. The molecule has 0 aliphatic carbocycles. The average Bonchev–Trinajstić information content (AvgIpc) is 2.17. The van der Waals surface area contributed by atoms with Crippen LogP contribution in [0.4, 0.5) is 5.69 Å². The first kappa shape index (κ1) is 9.52. The number of rotatable bonds is 1. The van der Waals surface area contributed by atoms with E-state index < -0.39 is 0 Å². The van der Waals surface area contributed by atoms with E-state index in [-0.39, 0.29) is 5.78 Å². The van der Waals surface area contributed by atoms with Crippen LogP contribution in [-0.2, 0) is 0 Å². The van der Waals surface area contributed by atoms with Crippen molar-refractivity contribution in [3.8, 4) is 5.75 Å². The second kappa shape index (κ2) is 3.61. The van der Waals surface area contributed by atoms with Crippen molar-refractivity contribution in [1.82, 2.24) is 0 Å². The molecule has 14 heavy (non-hydrogen) atoms. The maximum atomic E-state index is 11.6. The largest absolute Gasteiger partial charge is 0.496 e. The lowest BCUT2D eigenvalue weighted by Gasteiger charge is -2.18. The molecule has 0 atom stereocenters. The van der Waals surface area contributed by atoms with Crippen molar-refractivity contribution in [3.05, 3.63) is 22.2 Å². The van der Waals surface area contributed by atoms with Crippen LogP contribution < -0.4 is 10.1 Å². The topological polar surface area (TPSA) is 38.3 Å². The van der Waals surface area contributed by atoms with Gasteiger partial charge >= 0.3 is 0 Å². The van der Waals surface area contributed by atoms with Crippen molar-refractivity contribution in [1.29, 1.82) is 0 Å². The lowest BCUT2D eigenvalue weighted by molar-refractivity contribution is 0.0983. The van der Waals surface area contributed by atoms with Crippen LogP contribution >= 0.6 is 15.9 Å². The predicted molar refractivity (Wildman–Crippen MR) is 58.1 cm³/mol.